The molecule has 0 aliphatic heterocycles. The number of carbonyl (C=O) groups is 1. The molecule has 0 heterocycles. The summed E-state index contributed by atoms with van der Waals surface area (Å²) >= 11 is 0. The molecule has 2 heteroatoms. The number of carbonyl (C=O) groups excluding carboxylic acids is 1. The van der Waals surface area contributed by atoms with Crippen LogP contribution in [0.4, 0.5) is 0 Å². The van der Waals surface area contributed by atoms with Crippen LogP contribution in [0, 0.1) is 5.41 Å². The zero-order valence-electron chi connectivity index (χ0n) is 11.3. The number of methoxy groups -OCH3 is 1. The number of rotatable bonds is 3. The maximum Gasteiger partial charge on any atom is 0.312 e. The van der Waals surface area contributed by atoms with Crippen LogP contribution in [0.2, 0.25) is 0 Å². The van der Waals surface area contributed by atoms with E-state index in [1.165, 1.54) is 19.1 Å². The Morgan fingerprint density at radius 1 is 1.17 bits per heavy atom. The Kier molecular flexibility index (Phi) is 4.05. The second-order valence-corrected chi connectivity index (χ2v) is 5.34. The lowest BCUT2D eigenvalue weighted by molar-refractivity contribution is -0.156. The van der Waals surface area contributed by atoms with E-state index >= 15 is 0 Å². The van der Waals surface area contributed by atoms with Crippen LogP contribution in [0.1, 0.15) is 50.5 Å². The summed E-state index contributed by atoms with van der Waals surface area (Å²) in [6, 6.07) is 10.3. The Morgan fingerprint density at radius 3 is 2.33 bits per heavy atom. The molecule has 98 valence electrons. The highest BCUT2D eigenvalue weighted by atomic mass is 16.5. The van der Waals surface area contributed by atoms with Crippen LogP contribution in [-0.2, 0) is 9.53 Å². The van der Waals surface area contributed by atoms with Crippen LogP contribution in [-0.4, -0.2) is 13.1 Å². The maximum absolute atomic E-state index is 12.3. The first-order valence-electron chi connectivity index (χ1n) is 6.84. The largest absolute Gasteiger partial charge is 0.469 e. The van der Waals surface area contributed by atoms with Crippen molar-refractivity contribution in [3.05, 3.63) is 35.9 Å². The van der Waals surface area contributed by atoms with Crippen LogP contribution in [0.25, 0.3) is 0 Å². The third kappa shape index (κ3) is 2.29. The summed E-state index contributed by atoms with van der Waals surface area (Å²) in [6.45, 7) is 2.16. The van der Waals surface area contributed by atoms with Gasteiger partial charge in [0.1, 0.15) is 0 Å². The van der Waals surface area contributed by atoms with E-state index in [2.05, 4.69) is 19.1 Å². The van der Waals surface area contributed by atoms with Crippen LogP contribution >= 0.6 is 0 Å². The Balaban J connectivity index is 2.31. The van der Waals surface area contributed by atoms with Crippen LogP contribution in [0.5, 0.6) is 0 Å². The lowest BCUT2D eigenvalue weighted by Crippen LogP contribution is -2.39. The van der Waals surface area contributed by atoms with E-state index in [-0.39, 0.29) is 17.3 Å². The van der Waals surface area contributed by atoms with Crippen molar-refractivity contribution < 1.29 is 9.53 Å². The van der Waals surface area contributed by atoms with Gasteiger partial charge >= 0.3 is 5.97 Å². The first-order valence-corrected chi connectivity index (χ1v) is 6.84. The van der Waals surface area contributed by atoms with E-state index in [9.17, 15) is 4.79 Å². The van der Waals surface area contributed by atoms with Crippen molar-refractivity contribution in [1.82, 2.24) is 0 Å². The summed E-state index contributed by atoms with van der Waals surface area (Å²) in [4.78, 5) is 12.3. The molecule has 1 fully saturated rings. The van der Waals surface area contributed by atoms with Gasteiger partial charge in [0.25, 0.3) is 0 Å². The molecule has 0 bridgehead atoms. The fourth-order valence-corrected chi connectivity index (χ4v) is 3.26. The molecule has 0 radical (unpaired) electrons. The van der Waals surface area contributed by atoms with Crippen molar-refractivity contribution in [3.63, 3.8) is 0 Å². The van der Waals surface area contributed by atoms with Crippen molar-refractivity contribution in [3.8, 4) is 0 Å². The Morgan fingerprint density at radius 2 is 1.78 bits per heavy atom. The molecule has 1 atom stereocenters. The average molecular weight is 246 g/mol. The molecular weight excluding hydrogens is 224 g/mol. The van der Waals surface area contributed by atoms with E-state index in [1.54, 1.807) is 0 Å². The van der Waals surface area contributed by atoms with Gasteiger partial charge in [-0.15, -0.1) is 0 Å². The molecular formula is C16H22O2. The first-order chi connectivity index (χ1) is 8.70. The van der Waals surface area contributed by atoms with Crippen molar-refractivity contribution in [2.45, 2.75) is 44.9 Å². The van der Waals surface area contributed by atoms with Gasteiger partial charge in [-0.3, -0.25) is 4.79 Å². The number of ether oxygens (including phenoxy) is 1. The highest BCUT2D eigenvalue weighted by Gasteiger charge is 2.45. The number of benzene rings is 1. The Labute approximate surface area is 109 Å². The van der Waals surface area contributed by atoms with Crippen molar-refractivity contribution in [2.75, 3.05) is 7.11 Å². The Hall–Kier alpha value is -1.31. The van der Waals surface area contributed by atoms with Crippen LogP contribution < -0.4 is 0 Å². The number of hydrogen-bond acceptors (Lipinski definition) is 2. The second-order valence-electron chi connectivity index (χ2n) is 5.34. The molecule has 2 rings (SSSR count). The van der Waals surface area contributed by atoms with Gasteiger partial charge in [-0.05, 0) is 24.3 Å². The molecule has 2 nitrogen and oxygen atoms in total. The fourth-order valence-electron chi connectivity index (χ4n) is 3.26. The Bertz CT molecular complexity index is 391. The van der Waals surface area contributed by atoms with Crippen molar-refractivity contribution >= 4 is 5.97 Å². The van der Waals surface area contributed by atoms with Gasteiger partial charge in [0.05, 0.1) is 12.5 Å². The van der Waals surface area contributed by atoms with Gasteiger partial charge in [-0.25, -0.2) is 0 Å². The van der Waals surface area contributed by atoms with Gasteiger partial charge in [0.15, 0.2) is 0 Å². The highest BCUT2D eigenvalue weighted by Crippen LogP contribution is 2.47. The minimum Gasteiger partial charge on any atom is -0.469 e. The average Bonchev–Trinajstić information content (AvgIpc) is 2.47. The summed E-state index contributed by atoms with van der Waals surface area (Å²) in [5.74, 6) is 0.199. The quantitative estimate of drug-likeness (QED) is 0.756. The molecule has 1 aromatic carbocycles. The lowest BCUT2D eigenvalue weighted by atomic mass is 9.64. The standard InChI is InChI=1S/C16H22O2/c1-13(14-9-5-3-6-10-14)16(15(17)18-2)11-7-4-8-12-16/h3,5-6,9-10,13H,4,7-8,11-12H2,1-2H3. The normalized spacial score (nSPS) is 20.1. The van der Waals surface area contributed by atoms with E-state index < -0.39 is 0 Å². The van der Waals surface area contributed by atoms with E-state index in [0.717, 1.165) is 25.7 Å². The third-order valence-electron chi connectivity index (χ3n) is 4.47. The predicted octanol–water partition coefficient (Wildman–Crippen LogP) is 3.91. The van der Waals surface area contributed by atoms with E-state index in [1.807, 2.05) is 18.2 Å². The monoisotopic (exact) mass is 246 g/mol. The summed E-state index contributed by atoms with van der Waals surface area (Å²) in [6.07, 6.45) is 5.41. The lowest BCUT2D eigenvalue weighted by Gasteiger charge is -2.39. The summed E-state index contributed by atoms with van der Waals surface area (Å²) in [5, 5.41) is 0. The summed E-state index contributed by atoms with van der Waals surface area (Å²) in [5.41, 5.74) is 0.929. The molecule has 1 aromatic rings. The third-order valence-corrected chi connectivity index (χ3v) is 4.47. The van der Waals surface area contributed by atoms with Gasteiger partial charge in [-0.2, -0.15) is 0 Å². The maximum atomic E-state index is 12.3. The molecule has 18 heavy (non-hydrogen) atoms. The predicted molar refractivity (Wildman–Crippen MR) is 72.4 cm³/mol. The molecule has 0 aromatic heterocycles. The molecule has 0 saturated heterocycles. The molecule has 0 amide bonds. The molecule has 0 N–H and O–H groups in total. The van der Waals surface area contributed by atoms with Gasteiger partial charge in [0, 0.05) is 0 Å². The molecule has 1 unspecified atom stereocenters. The highest BCUT2D eigenvalue weighted by molar-refractivity contribution is 5.78. The zero-order valence-corrected chi connectivity index (χ0v) is 11.3. The van der Waals surface area contributed by atoms with E-state index in [4.69, 9.17) is 4.74 Å². The molecule has 1 aliphatic rings. The topological polar surface area (TPSA) is 26.3 Å². The van der Waals surface area contributed by atoms with Crippen LogP contribution in [0.3, 0.4) is 0 Å². The fraction of sp³-hybridized carbons (Fsp3) is 0.562. The van der Waals surface area contributed by atoms with Crippen LogP contribution in [0.15, 0.2) is 30.3 Å². The molecule has 1 saturated carbocycles. The number of esters is 1. The van der Waals surface area contributed by atoms with Gasteiger partial charge in [-0.1, -0.05) is 56.5 Å². The number of hydrogen-bond donors (Lipinski definition) is 0. The van der Waals surface area contributed by atoms with Crippen molar-refractivity contribution in [1.29, 1.82) is 0 Å². The first kappa shape index (κ1) is 13.1. The summed E-state index contributed by atoms with van der Waals surface area (Å²) in [7, 11) is 1.51. The summed E-state index contributed by atoms with van der Waals surface area (Å²) < 4.78 is 5.10. The minimum absolute atomic E-state index is 0.0291. The van der Waals surface area contributed by atoms with E-state index in [0.29, 0.717) is 0 Å². The SMILES string of the molecule is COC(=O)C1(C(C)c2ccccc2)CCCCC1. The minimum atomic E-state index is -0.311. The molecule has 1 aliphatic carbocycles. The zero-order chi connectivity index (χ0) is 13.0. The van der Waals surface area contributed by atoms with Gasteiger partial charge in [0.2, 0.25) is 0 Å². The molecule has 0 spiro atoms. The smallest absolute Gasteiger partial charge is 0.312 e. The van der Waals surface area contributed by atoms with Crippen molar-refractivity contribution in [2.24, 2.45) is 5.41 Å². The second kappa shape index (κ2) is 5.55. The van der Waals surface area contributed by atoms with Gasteiger partial charge < -0.3 is 4.74 Å².